The number of primary amides is 1. The summed E-state index contributed by atoms with van der Waals surface area (Å²) in [6.07, 6.45) is 6.52. The first-order valence-corrected chi connectivity index (χ1v) is 7.16. The molecule has 6 heteroatoms. The molecule has 0 aliphatic rings. The number of nitrogens with zero attached hydrogens (tertiary/aromatic N) is 4. The molecule has 2 N–H and O–H groups in total. The van der Waals surface area contributed by atoms with Gasteiger partial charge in [0.05, 0.1) is 5.69 Å². The lowest BCUT2D eigenvalue weighted by Gasteiger charge is -2.00. The van der Waals surface area contributed by atoms with Gasteiger partial charge in [0.15, 0.2) is 0 Å². The van der Waals surface area contributed by atoms with Crippen LogP contribution in [0.15, 0.2) is 66.6 Å². The lowest BCUT2D eigenvalue weighted by atomic mass is 10.1. The summed E-state index contributed by atoms with van der Waals surface area (Å²) in [5, 5.41) is 13.7. The average molecular weight is 315 g/mol. The zero-order valence-corrected chi connectivity index (χ0v) is 12.6. The third-order valence-corrected chi connectivity index (χ3v) is 3.40. The minimum Gasteiger partial charge on any atom is -0.365 e. The smallest absolute Gasteiger partial charge is 0.259 e. The van der Waals surface area contributed by atoms with Crippen molar-refractivity contribution in [3.05, 3.63) is 72.2 Å². The maximum Gasteiger partial charge on any atom is 0.259 e. The Labute approximate surface area is 138 Å². The van der Waals surface area contributed by atoms with Crippen molar-refractivity contribution >= 4 is 12.0 Å². The van der Waals surface area contributed by atoms with E-state index in [1.165, 1.54) is 6.08 Å². The van der Waals surface area contributed by atoms with Crippen LogP contribution in [0.2, 0.25) is 0 Å². The second-order valence-corrected chi connectivity index (χ2v) is 4.98. The summed E-state index contributed by atoms with van der Waals surface area (Å²) in [4.78, 5) is 15.3. The van der Waals surface area contributed by atoms with Gasteiger partial charge in [-0.1, -0.05) is 18.2 Å². The monoisotopic (exact) mass is 315 g/mol. The predicted octanol–water partition coefficient (Wildman–Crippen LogP) is 2.33. The zero-order valence-electron chi connectivity index (χ0n) is 12.6. The molecule has 2 heterocycles. The quantitative estimate of drug-likeness (QED) is 0.590. The molecule has 0 saturated carbocycles. The van der Waals surface area contributed by atoms with Crippen molar-refractivity contribution in [2.45, 2.75) is 0 Å². The second-order valence-electron chi connectivity index (χ2n) is 4.98. The maximum atomic E-state index is 11.4. The Morgan fingerprint density at radius 3 is 2.50 bits per heavy atom. The summed E-state index contributed by atoms with van der Waals surface area (Å²) >= 11 is 0. The lowest BCUT2D eigenvalue weighted by molar-refractivity contribution is -0.114. The minimum atomic E-state index is -0.773. The van der Waals surface area contributed by atoms with Gasteiger partial charge in [-0.25, -0.2) is 4.68 Å². The Balaban J connectivity index is 2.18. The predicted molar refractivity (Wildman–Crippen MR) is 89.6 cm³/mol. The van der Waals surface area contributed by atoms with Crippen LogP contribution in [0.5, 0.6) is 0 Å². The summed E-state index contributed by atoms with van der Waals surface area (Å²) in [7, 11) is 0. The Bertz CT molecular complexity index is 937. The fourth-order valence-corrected chi connectivity index (χ4v) is 2.25. The van der Waals surface area contributed by atoms with E-state index in [1.807, 2.05) is 48.5 Å². The molecule has 0 unspecified atom stereocenters. The zero-order chi connectivity index (χ0) is 16.9. The van der Waals surface area contributed by atoms with E-state index >= 15 is 0 Å². The van der Waals surface area contributed by atoms with E-state index in [0.29, 0.717) is 11.3 Å². The fourth-order valence-electron chi connectivity index (χ4n) is 2.25. The van der Waals surface area contributed by atoms with Gasteiger partial charge >= 0.3 is 0 Å². The first-order valence-electron chi connectivity index (χ1n) is 7.16. The summed E-state index contributed by atoms with van der Waals surface area (Å²) in [6, 6.07) is 15.0. The van der Waals surface area contributed by atoms with Crippen molar-refractivity contribution < 1.29 is 4.79 Å². The molecule has 0 radical (unpaired) electrons. The topological polar surface area (TPSA) is 97.6 Å². The molecule has 3 rings (SSSR count). The van der Waals surface area contributed by atoms with Gasteiger partial charge in [-0.15, -0.1) is 0 Å². The lowest BCUT2D eigenvalue weighted by Crippen LogP contribution is -2.12. The van der Waals surface area contributed by atoms with Crippen LogP contribution in [0.1, 0.15) is 5.56 Å². The molecule has 1 aromatic carbocycles. The number of amides is 1. The number of hydrogen-bond acceptors (Lipinski definition) is 4. The largest absolute Gasteiger partial charge is 0.365 e. The molecule has 0 atom stereocenters. The molecule has 0 spiro atoms. The number of para-hydroxylation sites is 1. The molecule has 0 saturated heterocycles. The van der Waals surface area contributed by atoms with Gasteiger partial charge in [0, 0.05) is 29.7 Å². The number of carbonyl (C=O) groups is 1. The van der Waals surface area contributed by atoms with E-state index in [4.69, 9.17) is 11.0 Å². The van der Waals surface area contributed by atoms with E-state index in [0.717, 1.165) is 11.3 Å². The van der Waals surface area contributed by atoms with Crippen LogP contribution in [0, 0.1) is 11.3 Å². The SMILES string of the molecule is N#C/C(=C\c1cn(-c2ccccc2)nc1-c1ccncc1)C(N)=O. The van der Waals surface area contributed by atoms with Crippen molar-refractivity contribution in [3.8, 4) is 23.0 Å². The molecule has 0 aliphatic heterocycles. The summed E-state index contributed by atoms with van der Waals surface area (Å²) < 4.78 is 1.69. The summed E-state index contributed by atoms with van der Waals surface area (Å²) in [5.74, 6) is -0.773. The fraction of sp³-hybridized carbons (Fsp3) is 0. The van der Waals surface area contributed by atoms with Gasteiger partial charge in [0.1, 0.15) is 17.3 Å². The molecular formula is C18H13N5O. The van der Waals surface area contributed by atoms with Crippen LogP contribution in [0.4, 0.5) is 0 Å². The van der Waals surface area contributed by atoms with E-state index in [2.05, 4.69) is 10.1 Å². The second kappa shape index (κ2) is 6.58. The first kappa shape index (κ1) is 15.2. The van der Waals surface area contributed by atoms with Crippen LogP contribution in [0.25, 0.3) is 23.0 Å². The van der Waals surface area contributed by atoms with Gasteiger partial charge in [-0.2, -0.15) is 10.4 Å². The van der Waals surface area contributed by atoms with E-state index in [1.54, 1.807) is 23.3 Å². The van der Waals surface area contributed by atoms with E-state index < -0.39 is 5.91 Å². The third kappa shape index (κ3) is 3.05. The molecule has 116 valence electrons. The highest BCUT2D eigenvalue weighted by molar-refractivity contribution is 6.01. The molecule has 0 fully saturated rings. The maximum absolute atomic E-state index is 11.4. The molecule has 24 heavy (non-hydrogen) atoms. The van der Waals surface area contributed by atoms with Crippen LogP contribution in [0.3, 0.4) is 0 Å². The summed E-state index contributed by atoms with van der Waals surface area (Å²) in [6.45, 7) is 0. The molecule has 0 bridgehead atoms. The van der Waals surface area contributed by atoms with Crippen LogP contribution in [-0.2, 0) is 4.79 Å². The van der Waals surface area contributed by atoms with Gasteiger partial charge in [-0.3, -0.25) is 9.78 Å². The van der Waals surface area contributed by atoms with E-state index in [-0.39, 0.29) is 5.57 Å². The number of aromatic nitrogens is 3. The van der Waals surface area contributed by atoms with Gasteiger partial charge in [-0.05, 0) is 30.3 Å². The number of hydrogen-bond donors (Lipinski definition) is 1. The molecule has 1 amide bonds. The number of rotatable bonds is 4. The van der Waals surface area contributed by atoms with E-state index in [9.17, 15) is 4.79 Å². The van der Waals surface area contributed by atoms with Crippen molar-refractivity contribution in [2.24, 2.45) is 5.73 Å². The Morgan fingerprint density at radius 1 is 1.17 bits per heavy atom. The third-order valence-electron chi connectivity index (χ3n) is 3.40. The van der Waals surface area contributed by atoms with Gasteiger partial charge in [0.2, 0.25) is 0 Å². The Morgan fingerprint density at radius 2 is 1.88 bits per heavy atom. The molecule has 3 aromatic rings. The van der Waals surface area contributed by atoms with Crippen molar-refractivity contribution in [2.75, 3.05) is 0 Å². The molecule has 6 nitrogen and oxygen atoms in total. The number of nitrogens with two attached hydrogens (primary N) is 1. The summed E-state index contributed by atoms with van der Waals surface area (Å²) in [5.41, 5.74) is 8.06. The number of carbonyl (C=O) groups excluding carboxylic acids is 1. The standard InChI is InChI=1S/C18H13N5O/c19-11-14(18(20)24)10-15-12-23(16-4-2-1-3-5-16)22-17(15)13-6-8-21-9-7-13/h1-10,12H,(H2,20,24)/b14-10+. The van der Waals surface area contributed by atoms with Gasteiger partial charge in [0.25, 0.3) is 5.91 Å². The van der Waals surface area contributed by atoms with Gasteiger partial charge < -0.3 is 5.73 Å². The normalized spacial score (nSPS) is 11.0. The molecule has 0 aliphatic carbocycles. The highest BCUT2D eigenvalue weighted by Gasteiger charge is 2.13. The molecule has 2 aromatic heterocycles. The van der Waals surface area contributed by atoms with Crippen LogP contribution < -0.4 is 5.73 Å². The highest BCUT2D eigenvalue weighted by atomic mass is 16.1. The Kier molecular flexibility index (Phi) is 4.17. The minimum absolute atomic E-state index is 0.127. The number of pyridine rings is 1. The van der Waals surface area contributed by atoms with Crippen molar-refractivity contribution in [1.29, 1.82) is 5.26 Å². The van der Waals surface area contributed by atoms with Crippen molar-refractivity contribution in [1.82, 2.24) is 14.8 Å². The molecular weight excluding hydrogens is 302 g/mol. The average Bonchev–Trinajstić information content (AvgIpc) is 3.05. The highest BCUT2D eigenvalue weighted by Crippen LogP contribution is 2.25. The van der Waals surface area contributed by atoms with Crippen LogP contribution >= 0.6 is 0 Å². The first-order chi connectivity index (χ1) is 11.7. The number of nitriles is 1. The Hall–Kier alpha value is -3.72. The number of benzene rings is 1. The van der Waals surface area contributed by atoms with Crippen molar-refractivity contribution in [3.63, 3.8) is 0 Å². The van der Waals surface area contributed by atoms with Crippen LogP contribution in [-0.4, -0.2) is 20.7 Å².